The van der Waals surface area contributed by atoms with E-state index in [4.69, 9.17) is 23.2 Å². The number of sulfonamides is 1. The number of hydrogen-bond donors (Lipinski definition) is 1. The lowest BCUT2D eigenvalue weighted by Crippen LogP contribution is -2.35. The maximum atomic E-state index is 12.6. The summed E-state index contributed by atoms with van der Waals surface area (Å²) < 4.78 is 26.8. The lowest BCUT2D eigenvalue weighted by Gasteiger charge is -2.25. The summed E-state index contributed by atoms with van der Waals surface area (Å²) in [6, 6.07) is 11.2. The monoisotopic (exact) mass is 438 g/mol. The second kappa shape index (κ2) is 9.09. The van der Waals surface area contributed by atoms with Crippen molar-refractivity contribution < 1.29 is 13.2 Å². The minimum Gasteiger partial charge on any atom is -0.323 e. The van der Waals surface area contributed by atoms with Gasteiger partial charge < -0.3 is 5.32 Å². The first-order chi connectivity index (χ1) is 13.4. The first-order valence-electron chi connectivity index (χ1n) is 8.90. The number of benzene rings is 2. The second-order valence-corrected chi connectivity index (χ2v) is 9.26. The minimum atomic E-state index is -3.48. The lowest BCUT2D eigenvalue weighted by molar-refractivity contribution is -0.111. The average Bonchev–Trinajstić information content (AvgIpc) is 2.68. The van der Waals surface area contributed by atoms with Crippen molar-refractivity contribution >= 4 is 50.9 Å². The van der Waals surface area contributed by atoms with Gasteiger partial charge in [-0.05, 0) is 60.9 Å². The van der Waals surface area contributed by atoms with E-state index >= 15 is 0 Å². The fourth-order valence-electron chi connectivity index (χ4n) is 2.95. The van der Waals surface area contributed by atoms with Gasteiger partial charge in [-0.2, -0.15) is 4.31 Å². The topological polar surface area (TPSA) is 66.5 Å². The third-order valence-corrected chi connectivity index (χ3v) is 6.93. The van der Waals surface area contributed by atoms with Crippen LogP contribution in [0.4, 0.5) is 5.69 Å². The van der Waals surface area contributed by atoms with E-state index in [9.17, 15) is 13.2 Å². The molecule has 1 aliphatic rings. The number of piperidine rings is 1. The standard InChI is InChI=1S/C20H20Cl2N2O3S/c21-16-6-4-15(19(22)14-16)5-11-20(25)23-17-7-9-18(10-8-17)28(26,27)24-12-2-1-3-13-24/h4-11,14H,1-3,12-13H2,(H,23,25). The predicted octanol–water partition coefficient (Wildman–Crippen LogP) is 4.82. The van der Waals surface area contributed by atoms with Crippen LogP contribution in [0.15, 0.2) is 53.4 Å². The van der Waals surface area contributed by atoms with E-state index in [1.165, 1.54) is 22.5 Å². The van der Waals surface area contributed by atoms with Gasteiger partial charge in [0, 0.05) is 34.9 Å². The summed E-state index contributed by atoms with van der Waals surface area (Å²) in [5.74, 6) is -0.349. The lowest BCUT2D eigenvalue weighted by atomic mass is 10.2. The largest absolute Gasteiger partial charge is 0.323 e. The van der Waals surface area contributed by atoms with Gasteiger partial charge in [-0.3, -0.25) is 4.79 Å². The molecule has 1 saturated heterocycles. The van der Waals surface area contributed by atoms with E-state index in [0.29, 0.717) is 34.4 Å². The average molecular weight is 439 g/mol. The third-order valence-electron chi connectivity index (χ3n) is 4.45. The summed E-state index contributed by atoms with van der Waals surface area (Å²) in [6.45, 7) is 1.11. The molecule has 1 fully saturated rings. The molecule has 1 amide bonds. The molecule has 0 radical (unpaired) electrons. The number of amides is 1. The maximum absolute atomic E-state index is 12.6. The van der Waals surface area contributed by atoms with Crippen molar-refractivity contribution in [2.75, 3.05) is 18.4 Å². The molecule has 1 N–H and O–H groups in total. The first-order valence-corrected chi connectivity index (χ1v) is 11.1. The van der Waals surface area contributed by atoms with Crippen molar-refractivity contribution in [2.24, 2.45) is 0 Å². The molecule has 2 aromatic carbocycles. The number of nitrogens with one attached hydrogen (secondary N) is 1. The van der Waals surface area contributed by atoms with E-state index in [1.807, 2.05) is 0 Å². The summed E-state index contributed by atoms with van der Waals surface area (Å²) in [6.07, 6.45) is 5.77. The number of nitrogens with zero attached hydrogens (tertiary/aromatic N) is 1. The van der Waals surface area contributed by atoms with Crippen molar-refractivity contribution in [3.63, 3.8) is 0 Å². The first kappa shape index (κ1) is 20.9. The predicted molar refractivity (Wildman–Crippen MR) is 113 cm³/mol. The Morgan fingerprint density at radius 1 is 1.00 bits per heavy atom. The Labute approximate surface area is 175 Å². The molecular formula is C20H20Cl2N2O3S. The fraction of sp³-hybridized carbons (Fsp3) is 0.250. The molecule has 0 bridgehead atoms. The zero-order valence-corrected chi connectivity index (χ0v) is 17.4. The molecule has 0 unspecified atom stereocenters. The molecule has 1 aliphatic heterocycles. The van der Waals surface area contributed by atoms with E-state index in [0.717, 1.165) is 19.3 Å². The van der Waals surface area contributed by atoms with Crippen LogP contribution in [0.5, 0.6) is 0 Å². The van der Waals surface area contributed by atoms with Crippen LogP contribution in [0.1, 0.15) is 24.8 Å². The van der Waals surface area contributed by atoms with Crippen LogP contribution >= 0.6 is 23.2 Å². The van der Waals surface area contributed by atoms with Crippen LogP contribution in [0.2, 0.25) is 10.0 Å². The summed E-state index contributed by atoms with van der Waals surface area (Å²) in [4.78, 5) is 12.3. The van der Waals surface area contributed by atoms with Crippen LogP contribution in [0.25, 0.3) is 6.08 Å². The van der Waals surface area contributed by atoms with E-state index in [-0.39, 0.29) is 10.8 Å². The highest BCUT2D eigenvalue weighted by Crippen LogP contribution is 2.23. The van der Waals surface area contributed by atoms with Crippen LogP contribution in [0.3, 0.4) is 0 Å². The molecule has 3 rings (SSSR count). The van der Waals surface area contributed by atoms with Gasteiger partial charge in [-0.15, -0.1) is 0 Å². The summed E-state index contributed by atoms with van der Waals surface area (Å²) >= 11 is 11.9. The zero-order valence-electron chi connectivity index (χ0n) is 15.1. The Balaban J connectivity index is 1.65. The zero-order chi connectivity index (χ0) is 20.1. The second-order valence-electron chi connectivity index (χ2n) is 6.48. The fourth-order valence-corrected chi connectivity index (χ4v) is 4.94. The maximum Gasteiger partial charge on any atom is 0.248 e. The minimum absolute atomic E-state index is 0.232. The van der Waals surface area contributed by atoms with Crippen LogP contribution in [0, 0.1) is 0 Å². The molecule has 8 heteroatoms. The van der Waals surface area contributed by atoms with E-state index in [2.05, 4.69) is 5.32 Å². The molecule has 148 valence electrons. The highest BCUT2D eigenvalue weighted by molar-refractivity contribution is 7.89. The molecule has 2 aromatic rings. The molecule has 0 aliphatic carbocycles. The molecule has 0 aromatic heterocycles. The Bertz CT molecular complexity index is 983. The van der Waals surface area contributed by atoms with Crippen molar-refractivity contribution in [3.8, 4) is 0 Å². The van der Waals surface area contributed by atoms with Crippen LogP contribution in [-0.2, 0) is 14.8 Å². The van der Waals surface area contributed by atoms with Gasteiger partial charge in [0.1, 0.15) is 0 Å². The molecular weight excluding hydrogens is 419 g/mol. The molecule has 1 heterocycles. The molecule has 0 saturated carbocycles. The SMILES string of the molecule is O=C(C=Cc1ccc(Cl)cc1Cl)Nc1ccc(S(=O)(=O)N2CCCCC2)cc1. The number of anilines is 1. The van der Waals surface area contributed by atoms with Gasteiger partial charge in [0.2, 0.25) is 15.9 Å². The highest BCUT2D eigenvalue weighted by atomic mass is 35.5. The van der Waals surface area contributed by atoms with E-state index in [1.54, 1.807) is 36.4 Å². The smallest absolute Gasteiger partial charge is 0.248 e. The van der Waals surface area contributed by atoms with Gasteiger partial charge in [0.15, 0.2) is 0 Å². The highest BCUT2D eigenvalue weighted by Gasteiger charge is 2.25. The number of rotatable bonds is 5. The van der Waals surface area contributed by atoms with Crippen molar-refractivity contribution in [3.05, 3.63) is 64.1 Å². The Hall–Kier alpha value is -1.86. The molecule has 0 spiro atoms. The van der Waals surface area contributed by atoms with Crippen molar-refractivity contribution in [1.82, 2.24) is 4.31 Å². The van der Waals surface area contributed by atoms with E-state index < -0.39 is 10.0 Å². The van der Waals surface area contributed by atoms with Crippen LogP contribution < -0.4 is 5.32 Å². The van der Waals surface area contributed by atoms with Gasteiger partial charge >= 0.3 is 0 Å². The van der Waals surface area contributed by atoms with Gasteiger partial charge in [0.25, 0.3) is 0 Å². The summed E-state index contributed by atoms with van der Waals surface area (Å²) in [7, 11) is -3.48. The van der Waals surface area contributed by atoms with Crippen molar-refractivity contribution in [1.29, 1.82) is 0 Å². The molecule has 28 heavy (non-hydrogen) atoms. The third kappa shape index (κ3) is 5.14. The Kier molecular flexibility index (Phi) is 6.78. The Morgan fingerprint density at radius 3 is 2.32 bits per heavy atom. The van der Waals surface area contributed by atoms with Crippen LogP contribution in [-0.4, -0.2) is 31.7 Å². The normalized spacial score (nSPS) is 15.6. The quantitative estimate of drug-likeness (QED) is 0.680. The van der Waals surface area contributed by atoms with Gasteiger partial charge in [-0.1, -0.05) is 35.7 Å². The Morgan fingerprint density at radius 2 is 1.68 bits per heavy atom. The molecule has 0 atom stereocenters. The van der Waals surface area contributed by atoms with Gasteiger partial charge in [-0.25, -0.2) is 8.42 Å². The van der Waals surface area contributed by atoms with Crippen molar-refractivity contribution in [2.45, 2.75) is 24.2 Å². The van der Waals surface area contributed by atoms with Gasteiger partial charge in [0.05, 0.1) is 4.90 Å². The molecule has 5 nitrogen and oxygen atoms in total. The number of carbonyl (C=O) groups is 1. The summed E-state index contributed by atoms with van der Waals surface area (Å²) in [5, 5.41) is 3.67. The summed E-state index contributed by atoms with van der Waals surface area (Å²) in [5.41, 5.74) is 1.18. The number of halogens is 2. The number of carbonyl (C=O) groups excluding carboxylic acids is 1. The number of hydrogen-bond acceptors (Lipinski definition) is 3.